The molecule has 0 aliphatic heterocycles. The Morgan fingerprint density at radius 2 is 2.28 bits per heavy atom. The fourth-order valence-electron chi connectivity index (χ4n) is 2.02. The van der Waals surface area contributed by atoms with Crippen LogP contribution in [0.1, 0.15) is 44.2 Å². The van der Waals surface area contributed by atoms with E-state index in [4.69, 9.17) is 4.52 Å². The lowest BCUT2D eigenvalue weighted by molar-refractivity contribution is 0.363. The molecule has 0 aliphatic carbocycles. The molecule has 0 radical (unpaired) electrons. The summed E-state index contributed by atoms with van der Waals surface area (Å²) in [4.78, 5) is 4.33. The van der Waals surface area contributed by atoms with Crippen LogP contribution in [-0.2, 0) is 13.0 Å². The molecule has 0 spiro atoms. The van der Waals surface area contributed by atoms with Crippen molar-refractivity contribution in [2.24, 2.45) is 0 Å². The predicted octanol–water partition coefficient (Wildman–Crippen LogP) is 2.15. The first-order chi connectivity index (χ1) is 8.74. The number of aromatic nitrogens is 3. The SMILES string of the molecule is CCNC(C)c1cccn1Cc1nc(CC)no1. The average Bonchev–Trinajstić information content (AvgIpc) is 2.99. The molecule has 2 rings (SSSR count). The van der Waals surface area contributed by atoms with Crippen molar-refractivity contribution >= 4 is 0 Å². The summed E-state index contributed by atoms with van der Waals surface area (Å²) >= 11 is 0. The molecule has 0 amide bonds. The molecule has 2 aromatic heterocycles. The quantitative estimate of drug-likeness (QED) is 0.851. The van der Waals surface area contributed by atoms with E-state index < -0.39 is 0 Å². The van der Waals surface area contributed by atoms with Gasteiger partial charge in [-0.15, -0.1) is 0 Å². The summed E-state index contributed by atoms with van der Waals surface area (Å²) in [7, 11) is 0. The monoisotopic (exact) mass is 248 g/mol. The van der Waals surface area contributed by atoms with E-state index in [0.29, 0.717) is 18.5 Å². The average molecular weight is 248 g/mol. The maximum atomic E-state index is 5.22. The van der Waals surface area contributed by atoms with Crippen LogP contribution in [0.2, 0.25) is 0 Å². The van der Waals surface area contributed by atoms with E-state index in [2.05, 4.69) is 39.9 Å². The molecule has 98 valence electrons. The highest BCUT2D eigenvalue weighted by molar-refractivity contribution is 5.12. The van der Waals surface area contributed by atoms with Gasteiger partial charge in [0.05, 0.1) is 0 Å². The Morgan fingerprint density at radius 1 is 1.44 bits per heavy atom. The van der Waals surface area contributed by atoms with Gasteiger partial charge >= 0.3 is 0 Å². The number of hydrogen-bond acceptors (Lipinski definition) is 4. The van der Waals surface area contributed by atoms with Crippen LogP contribution in [0.15, 0.2) is 22.9 Å². The molecule has 1 atom stereocenters. The molecule has 0 aromatic carbocycles. The maximum absolute atomic E-state index is 5.22. The van der Waals surface area contributed by atoms with Gasteiger partial charge in [-0.05, 0) is 25.6 Å². The molecule has 2 aromatic rings. The van der Waals surface area contributed by atoms with Gasteiger partial charge in [0, 0.05) is 24.4 Å². The molecule has 5 nitrogen and oxygen atoms in total. The van der Waals surface area contributed by atoms with E-state index in [-0.39, 0.29) is 0 Å². The minimum Gasteiger partial charge on any atom is -0.341 e. The first-order valence-electron chi connectivity index (χ1n) is 6.44. The Hall–Kier alpha value is -1.62. The topological polar surface area (TPSA) is 55.9 Å². The van der Waals surface area contributed by atoms with Crippen LogP contribution in [0.25, 0.3) is 0 Å². The summed E-state index contributed by atoms with van der Waals surface area (Å²) in [5.41, 5.74) is 1.23. The molecule has 18 heavy (non-hydrogen) atoms. The van der Waals surface area contributed by atoms with Crippen molar-refractivity contribution in [1.82, 2.24) is 20.0 Å². The van der Waals surface area contributed by atoms with Gasteiger partial charge in [0.25, 0.3) is 0 Å². The smallest absolute Gasteiger partial charge is 0.246 e. The Morgan fingerprint density at radius 3 is 2.94 bits per heavy atom. The molecule has 2 heterocycles. The molecule has 1 unspecified atom stereocenters. The third-order valence-electron chi connectivity index (χ3n) is 2.95. The van der Waals surface area contributed by atoms with Crippen molar-refractivity contribution in [3.63, 3.8) is 0 Å². The number of nitrogens with one attached hydrogen (secondary N) is 1. The predicted molar refractivity (Wildman–Crippen MR) is 69.3 cm³/mol. The van der Waals surface area contributed by atoms with Crippen LogP contribution in [0, 0.1) is 0 Å². The molecule has 0 saturated heterocycles. The van der Waals surface area contributed by atoms with Gasteiger partial charge in [-0.3, -0.25) is 0 Å². The van der Waals surface area contributed by atoms with Crippen molar-refractivity contribution < 1.29 is 4.52 Å². The van der Waals surface area contributed by atoms with Crippen molar-refractivity contribution in [3.05, 3.63) is 35.7 Å². The molecule has 0 saturated carbocycles. The molecule has 0 aliphatic rings. The van der Waals surface area contributed by atoms with Gasteiger partial charge < -0.3 is 14.4 Å². The van der Waals surface area contributed by atoms with Crippen molar-refractivity contribution in [2.45, 2.75) is 39.8 Å². The normalized spacial score (nSPS) is 12.8. The van der Waals surface area contributed by atoms with Gasteiger partial charge in [0.1, 0.15) is 6.54 Å². The third-order valence-corrected chi connectivity index (χ3v) is 2.95. The highest BCUT2D eigenvalue weighted by Crippen LogP contribution is 2.14. The van der Waals surface area contributed by atoms with E-state index in [9.17, 15) is 0 Å². The second-order valence-corrected chi connectivity index (χ2v) is 4.30. The fourth-order valence-corrected chi connectivity index (χ4v) is 2.02. The van der Waals surface area contributed by atoms with Crippen LogP contribution < -0.4 is 5.32 Å². The largest absolute Gasteiger partial charge is 0.341 e. The Labute approximate surface area is 107 Å². The molecule has 0 bridgehead atoms. The Bertz CT molecular complexity index is 489. The van der Waals surface area contributed by atoms with Crippen LogP contribution >= 0.6 is 0 Å². The van der Waals surface area contributed by atoms with Crippen molar-refractivity contribution in [2.75, 3.05) is 6.54 Å². The summed E-state index contributed by atoms with van der Waals surface area (Å²) in [5, 5.41) is 7.31. The summed E-state index contributed by atoms with van der Waals surface area (Å²) in [6, 6.07) is 4.48. The molecule has 1 N–H and O–H groups in total. The maximum Gasteiger partial charge on any atom is 0.246 e. The zero-order valence-electron chi connectivity index (χ0n) is 11.2. The van der Waals surface area contributed by atoms with Crippen molar-refractivity contribution in [3.8, 4) is 0 Å². The van der Waals surface area contributed by atoms with Crippen LogP contribution in [0.5, 0.6) is 0 Å². The van der Waals surface area contributed by atoms with Gasteiger partial charge in [0.2, 0.25) is 5.89 Å². The highest BCUT2D eigenvalue weighted by atomic mass is 16.5. The van der Waals surface area contributed by atoms with Gasteiger partial charge in [0.15, 0.2) is 5.82 Å². The molecule has 5 heteroatoms. The number of nitrogens with zero attached hydrogens (tertiary/aromatic N) is 3. The lowest BCUT2D eigenvalue weighted by atomic mass is 10.2. The summed E-state index contributed by atoms with van der Waals surface area (Å²) in [6.45, 7) is 7.86. The summed E-state index contributed by atoms with van der Waals surface area (Å²) in [5.74, 6) is 1.42. The van der Waals surface area contributed by atoms with Crippen LogP contribution in [-0.4, -0.2) is 21.3 Å². The Kier molecular flexibility index (Phi) is 4.15. The minimum absolute atomic E-state index is 0.318. The molecular weight excluding hydrogens is 228 g/mol. The van der Waals surface area contributed by atoms with Crippen LogP contribution in [0.4, 0.5) is 0 Å². The van der Waals surface area contributed by atoms with E-state index in [1.807, 2.05) is 19.2 Å². The van der Waals surface area contributed by atoms with E-state index >= 15 is 0 Å². The van der Waals surface area contributed by atoms with E-state index in [1.54, 1.807) is 0 Å². The second kappa shape index (κ2) is 5.82. The fraction of sp³-hybridized carbons (Fsp3) is 0.538. The third kappa shape index (κ3) is 2.79. The van der Waals surface area contributed by atoms with Crippen molar-refractivity contribution in [1.29, 1.82) is 0 Å². The standard InChI is InChI=1S/C13H20N4O/c1-4-12-15-13(18-16-12)9-17-8-6-7-11(17)10(3)14-5-2/h6-8,10,14H,4-5,9H2,1-3H3. The summed E-state index contributed by atoms with van der Waals surface area (Å²) in [6.07, 6.45) is 2.84. The number of hydrogen-bond donors (Lipinski definition) is 1. The Balaban J connectivity index is 2.11. The minimum atomic E-state index is 0.318. The van der Waals surface area contributed by atoms with Gasteiger partial charge in [-0.25, -0.2) is 0 Å². The zero-order valence-corrected chi connectivity index (χ0v) is 11.2. The van der Waals surface area contributed by atoms with E-state index in [1.165, 1.54) is 5.69 Å². The first-order valence-corrected chi connectivity index (χ1v) is 6.44. The number of aryl methyl sites for hydroxylation is 1. The van der Waals surface area contributed by atoms with Gasteiger partial charge in [-0.2, -0.15) is 4.98 Å². The lowest BCUT2D eigenvalue weighted by Gasteiger charge is -2.15. The summed E-state index contributed by atoms with van der Waals surface area (Å²) < 4.78 is 7.36. The highest BCUT2D eigenvalue weighted by Gasteiger charge is 2.11. The lowest BCUT2D eigenvalue weighted by Crippen LogP contribution is -2.20. The first kappa shape index (κ1) is 12.8. The van der Waals surface area contributed by atoms with Crippen LogP contribution in [0.3, 0.4) is 0 Å². The van der Waals surface area contributed by atoms with Gasteiger partial charge in [-0.1, -0.05) is 19.0 Å². The molecule has 0 fully saturated rings. The zero-order chi connectivity index (χ0) is 13.0. The number of rotatable bonds is 6. The second-order valence-electron chi connectivity index (χ2n) is 4.30. The molecular formula is C13H20N4O. The van der Waals surface area contributed by atoms with E-state index in [0.717, 1.165) is 18.8 Å².